The number of hydrogen-bond acceptors (Lipinski definition) is 5. The van der Waals surface area contributed by atoms with Crippen LogP contribution in [0, 0.1) is 5.92 Å². The number of aliphatic imine (C=N–C) groups is 1. The summed E-state index contributed by atoms with van der Waals surface area (Å²) in [5.41, 5.74) is 0.244. The molecule has 7 heteroatoms. The van der Waals surface area contributed by atoms with E-state index in [9.17, 15) is 4.79 Å². The lowest BCUT2D eigenvalue weighted by atomic mass is 9.97. The van der Waals surface area contributed by atoms with E-state index >= 15 is 0 Å². The lowest BCUT2D eigenvalue weighted by molar-refractivity contribution is 0.452. The lowest BCUT2D eigenvalue weighted by Crippen LogP contribution is -2.34. The maximum atomic E-state index is 12.6. The third-order valence-corrected chi connectivity index (χ3v) is 6.60. The Labute approximate surface area is 152 Å². The summed E-state index contributed by atoms with van der Waals surface area (Å²) in [5, 5.41) is 9.40. The van der Waals surface area contributed by atoms with Crippen molar-refractivity contribution in [1.29, 1.82) is 0 Å². The second-order valence-electron chi connectivity index (χ2n) is 7.15. The SMILES string of the molecule is CCCn1c(SC2CCCC2)nc(=O)c2c1N=C(C1CCNCC1)[N]2. The Balaban J connectivity index is 1.67. The van der Waals surface area contributed by atoms with Gasteiger partial charge in [0.2, 0.25) is 0 Å². The third-order valence-electron chi connectivity index (χ3n) is 5.27. The van der Waals surface area contributed by atoms with Gasteiger partial charge in [-0.25, -0.2) is 10.3 Å². The van der Waals surface area contributed by atoms with E-state index in [1.165, 1.54) is 25.7 Å². The van der Waals surface area contributed by atoms with Crippen molar-refractivity contribution in [3.05, 3.63) is 10.4 Å². The monoisotopic (exact) mass is 360 g/mol. The Hall–Kier alpha value is -1.34. The maximum absolute atomic E-state index is 12.6. The minimum atomic E-state index is -0.212. The van der Waals surface area contributed by atoms with Gasteiger partial charge in [0.15, 0.2) is 16.7 Å². The molecule has 2 fully saturated rings. The van der Waals surface area contributed by atoms with Gasteiger partial charge >= 0.3 is 5.56 Å². The fourth-order valence-corrected chi connectivity index (χ4v) is 5.21. The Bertz CT molecular complexity index is 717. The summed E-state index contributed by atoms with van der Waals surface area (Å²) in [6.45, 7) is 4.98. The number of thioether (sulfide) groups is 1. The molecule has 1 saturated carbocycles. The van der Waals surface area contributed by atoms with Crippen LogP contribution >= 0.6 is 11.8 Å². The van der Waals surface area contributed by atoms with E-state index in [0.717, 1.165) is 55.7 Å². The first-order chi connectivity index (χ1) is 12.3. The molecule has 3 heterocycles. The highest BCUT2D eigenvalue weighted by atomic mass is 32.2. The summed E-state index contributed by atoms with van der Waals surface area (Å²) < 4.78 is 2.14. The van der Waals surface area contributed by atoms with E-state index in [2.05, 4.69) is 27.1 Å². The molecule has 1 saturated heterocycles. The van der Waals surface area contributed by atoms with Crippen molar-refractivity contribution < 1.29 is 0 Å². The van der Waals surface area contributed by atoms with Gasteiger partial charge in [0.05, 0.1) is 0 Å². The average molecular weight is 361 g/mol. The molecule has 0 amide bonds. The molecule has 0 aromatic carbocycles. The van der Waals surface area contributed by atoms with E-state index in [-0.39, 0.29) is 5.56 Å². The molecule has 1 N–H and O–H groups in total. The van der Waals surface area contributed by atoms with Crippen LogP contribution in [0.15, 0.2) is 14.9 Å². The second-order valence-corrected chi connectivity index (χ2v) is 8.42. The Morgan fingerprint density at radius 3 is 2.68 bits per heavy atom. The predicted molar refractivity (Wildman–Crippen MR) is 101 cm³/mol. The lowest BCUT2D eigenvalue weighted by Gasteiger charge is -2.21. The van der Waals surface area contributed by atoms with Crippen molar-refractivity contribution in [2.45, 2.75) is 68.8 Å². The standard InChI is InChI=1S/C18H26N5OS/c1-2-11-23-16-14(20-15(21-16)12-7-9-19-10-8-12)17(24)22-18(23)25-13-5-3-4-6-13/h12-13,19H,2-11H2,1H3. The molecule has 4 rings (SSSR count). The molecular formula is C18H26N5OS. The zero-order chi connectivity index (χ0) is 17.2. The Morgan fingerprint density at radius 2 is 1.96 bits per heavy atom. The summed E-state index contributed by atoms with van der Waals surface area (Å²) in [6, 6.07) is 0. The fraction of sp³-hybridized carbons (Fsp3) is 0.722. The Kier molecular flexibility index (Phi) is 5.12. The van der Waals surface area contributed by atoms with Crippen molar-refractivity contribution in [1.82, 2.24) is 20.2 Å². The summed E-state index contributed by atoms with van der Waals surface area (Å²) in [7, 11) is 0. The molecule has 1 radical (unpaired) electrons. The van der Waals surface area contributed by atoms with Gasteiger partial charge in [-0.1, -0.05) is 31.5 Å². The van der Waals surface area contributed by atoms with E-state index < -0.39 is 0 Å². The molecule has 0 unspecified atom stereocenters. The summed E-state index contributed by atoms with van der Waals surface area (Å²) in [5.74, 6) is 1.94. The number of nitrogens with zero attached hydrogens (tertiary/aromatic N) is 4. The zero-order valence-electron chi connectivity index (χ0n) is 14.8. The van der Waals surface area contributed by atoms with Gasteiger partial charge in [0.1, 0.15) is 5.84 Å². The van der Waals surface area contributed by atoms with E-state index in [1.54, 1.807) is 11.8 Å². The molecular weight excluding hydrogens is 334 g/mol. The van der Waals surface area contributed by atoms with Crippen LogP contribution in [0.25, 0.3) is 0 Å². The predicted octanol–water partition coefficient (Wildman–Crippen LogP) is 2.97. The molecule has 0 bridgehead atoms. The highest BCUT2D eigenvalue weighted by Gasteiger charge is 2.31. The highest BCUT2D eigenvalue weighted by Crippen LogP contribution is 2.38. The van der Waals surface area contributed by atoms with Gasteiger partial charge < -0.3 is 9.88 Å². The first-order valence-corrected chi connectivity index (χ1v) is 10.5. The molecule has 3 aliphatic rings. The summed E-state index contributed by atoms with van der Waals surface area (Å²) in [6.07, 6.45) is 8.08. The van der Waals surface area contributed by atoms with E-state index in [4.69, 9.17) is 4.99 Å². The molecule has 0 spiro atoms. The largest absolute Gasteiger partial charge is 0.317 e. The fourth-order valence-electron chi connectivity index (χ4n) is 3.91. The Morgan fingerprint density at radius 1 is 1.20 bits per heavy atom. The van der Waals surface area contributed by atoms with Crippen molar-refractivity contribution in [3.63, 3.8) is 0 Å². The first-order valence-electron chi connectivity index (χ1n) is 9.58. The van der Waals surface area contributed by atoms with Gasteiger partial charge in [0.25, 0.3) is 0 Å². The van der Waals surface area contributed by atoms with Crippen molar-refractivity contribution in [2.24, 2.45) is 10.9 Å². The van der Waals surface area contributed by atoms with Gasteiger partial charge in [-0.2, -0.15) is 4.98 Å². The van der Waals surface area contributed by atoms with Crippen LogP contribution in [0.5, 0.6) is 0 Å². The van der Waals surface area contributed by atoms with Crippen molar-refractivity contribution >= 4 is 29.1 Å². The number of piperidine rings is 1. The molecule has 2 aliphatic heterocycles. The van der Waals surface area contributed by atoms with Gasteiger partial charge in [-0.3, -0.25) is 4.79 Å². The normalized spacial score (nSPS) is 21.2. The topological polar surface area (TPSA) is 73.4 Å². The van der Waals surface area contributed by atoms with Crippen LogP contribution in [0.1, 0.15) is 51.9 Å². The van der Waals surface area contributed by atoms with Crippen LogP contribution < -0.4 is 16.2 Å². The van der Waals surface area contributed by atoms with Gasteiger partial charge in [0, 0.05) is 17.7 Å². The molecule has 25 heavy (non-hydrogen) atoms. The van der Waals surface area contributed by atoms with Crippen molar-refractivity contribution in [2.75, 3.05) is 13.1 Å². The number of nitrogens with one attached hydrogen (secondary N) is 1. The molecule has 0 atom stereocenters. The molecule has 135 valence electrons. The number of rotatable bonds is 5. The van der Waals surface area contributed by atoms with Crippen LogP contribution in [-0.2, 0) is 6.54 Å². The summed E-state index contributed by atoms with van der Waals surface area (Å²) >= 11 is 1.77. The minimum Gasteiger partial charge on any atom is -0.317 e. The quantitative estimate of drug-likeness (QED) is 0.819. The summed E-state index contributed by atoms with van der Waals surface area (Å²) in [4.78, 5) is 21.8. The molecule has 6 nitrogen and oxygen atoms in total. The molecule has 1 aromatic rings. The van der Waals surface area contributed by atoms with E-state index in [0.29, 0.717) is 16.9 Å². The number of fused-ring (bicyclic) bond motifs is 1. The molecule has 1 aromatic heterocycles. The maximum Gasteiger partial charge on any atom is 0.301 e. The minimum absolute atomic E-state index is 0.212. The third kappa shape index (κ3) is 3.49. The zero-order valence-corrected chi connectivity index (χ0v) is 15.6. The van der Waals surface area contributed by atoms with Gasteiger partial charge in [-0.15, -0.1) is 0 Å². The van der Waals surface area contributed by atoms with Crippen LogP contribution in [0.2, 0.25) is 0 Å². The first kappa shape index (κ1) is 17.1. The molecule has 1 aliphatic carbocycles. The van der Waals surface area contributed by atoms with Crippen molar-refractivity contribution in [3.8, 4) is 0 Å². The van der Waals surface area contributed by atoms with Crippen LogP contribution in [0.4, 0.5) is 11.5 Å². The number of hydrogen-bond donors (Lipinski definition) is 1. The van der Waals surface area contributed by atoms with E-state index in [1.807, 2.05) is 0 Å². The number of amidine groups is 1. The highest BCUT2D eigenvalue weighted by molar-refractivity contribution is 7.99. The van der Waals surface area contributed by atoms with Crippen LogP contribution in [0.3, 0.4) is 0 Å². The van der Waals surface area contributed by atoms with Gasteiger partial charge in [-0.05, 0) is 45.2 Å². The smallest absolute Gasteiger partial charge is 0.301 e. The van der Waals surface area contributed by atoms with Crippen LogP contribution in [-0.4, -0.2) is 33.7 Å². The number of aromatic nitrogens is 2. The average Bonchev–Trinajstić information content (AvgIpc) is 3.29. The second kappa shape index (κ2) is 7.50.